The van der Waals surface area contributed by atoms with Crippen LogP contribution in [-0.2, 0) is 0 Å². The molecule has 0 spiro atoms. The molecule has 1 N–H and O–H groups in total. The highest BCUT2D eigenvalue weighted by atomic mass is 35.5. The van der Waals surface area contributed by atoms with E-state index in [1.165, 1.54) is 0 Å². The quantitative estimate of drug-likeness (QED) is 0.310. The van der Waals surface area contributed by atoms with E-state index in [0.29, 0.717) is 22.9 Å². The summed E-state index contributed by atoms with van der Waals surface area (Å²) in [5, 5.41) is 9.01. The van der Waals surface area contributed by atoms with Gasteiger partial charge in [-0.2, -0.15) is 5.10 Å². The SMILES string of the molecule is CCOc1cc(C(=O)N(C)[C@H](CCN(C)C)c2cccc3cn[nH]c23)ccc1-c1cccc(Cl)c1. The molecule has 0 fully saturated rings. The second kappa shape index (κ2) is 10.9. The number of hydrogen-bond acceptors (Lipinski definition) is 4. The number of amides is 1. The topological polar surface area (TPSA) is 61.5 Å². The molecule has 3 aromatic carbocycles. The van der Waals surface area contributed by atoms with E-state index in [2.05, 4.69) is 21.2 Å². The fourth-order valence-corrected chi connectivity index (χ4v) is 4.57. The van der Waals surface area contributed by atoms with Crippen LogP contribution < -0.4 is 4.74 Å². The second-order valence-electron chi connectivity index (χ2n) is 8.86. The Labute approximate surface area is 211 Å². The van der Waals surface area contributed by atoms with E-state index in [0.717, 1.165) is 40.6 Å². The molecule has 0 unspecified atom stereocenters. The van der Waals surface area contributed by atoms with Crippen LogP contribution in [-0.4, -0.2) is 60.2 Å². The van der Waals surface area contributed by atoms with E-state index >= 15 is 0 Å². The predicted octanol–water partition coefficient (Wildman–Crippen LogP) is 6.05. The van der Waals surface area contributed by atoms with Crippen LogP contribution in [0.5, 0.6) is 5.75 Å². The molecule has 1 atom stereocenters. The molecule has 4 rings (SSSR count). The van der Waals surface area contributed by atoms with Crippen molar-refractivity contribution in [2.24, 2.45) is 0 Å². The number of fused-ring (bicyclic) bond motifs is 1. The van der Waals surface area contributed by atoms with Gasteiger partial charge in [0.25, 0.3) is 5.91 Å². The number of rotatable bonds is 9. The summed E-state index contributed by atoms with van der Waals surface area (Å²) in [7, 11) is 5.94. The lowest BCUT2D eigenvalue weighted by Gasteiger charge is -2.30. The first kappa shape index (κ1) is 24.8. The summed E-state index contributed by atoms with van der Waals surface area (Å²) in [5.74, 6) is 0.596. The summed E-state index contributed by atoms with van der Waals surface area (Å²) in [6.45, 7) is 3.27. The van der Waals surface area contributed by atoms with E-state index in [1.807, 2.05) is 93.8 Å². The lowest BCUT2D eigenvalue weighted by molar-refractivity contribution is 0.0716. The van der Waals surface area contributed by atoms with Crippen molar-refractivity contribution in [3.05, 3.63) is 83.0 Å². The van der Waals surface area contributed by atoms with E-state index in [1.54, 1.807) is 0 Å². The first-order valence-electron chi connectivity index (χ1n) is 11.8. The maximum absolute atomic E-state index is 13.7. The largest absolute Gasteiger partial charge is 0.493 e. The molecule has 0 bridgehead atoms. The second-order valence-corrected chi connectivity index (χ2v) is 9.30. The van der Waals surface area contributed by atoms with Crippen molar-refractivity contribution in [3.8, 4) is 16.9 Å². The molecule has 1 amide bonds. The van der Waals surface area contributed by atoms with Crippen LogP contribution in [0.4, 0.5) is 0 Å². The van der Waals surface area contributed by atoms with Gasteiger partial charge in [-0.15, -0.1) is 0 Å². The third-order valence-corrected chi connectivity index (χ3v) is 6.40. The minimum absolute atomic E-state index is 0.0659. The van der Waals surface area contributed by atoms with E-state index in [9.17, 15) is 4.79 Å². The number of halogens is 1. The summed E-state index contributed by atoms with van der Waals surface area (Å²) in [6, 6.07) is 19.2. The van der Waals surface area contributed by atoms with Crippen molar-refractivity contribution in [1.82, 2.24) is 20.0 Å². The van der Waals surface area contributed by atoms with Gasteiger partial charge < -0.3 is 14.5 Å². The fraction of sp³-hybridized carbons (Fsp3) is 0.286. The lowest BCUT2D eigenvalue weighted by atomic mass is 9.98. The molecule has 7 heteroatoms. The lowest BCUT2D eigenvalue weighted by Crippen LogP contribution is -2.33. The molecule has 1 heterocycles. The average molecular weight is 491 g/mol. The minimum Gasteiger partial charge on any atom is -0.493 e. The van der Waals surface area contributed by atoms with Crippen LogP contribution in [0.1, 0.15) is 35.3 Å². The van der Waals surface area contributed by atoms with Crippen molar-refractivity contribution < 1.29 is 9.53 Å². The molecule has 0 aliphatic carbocycles. The fourth-order valence-electron chi connectivity index (χ4n) is 4.38. The molecular formula is C28H31ClN4O2. The van der Waals surface area contributed by atoms with Gasteiger partial charge in [-0.1, -0.05) is 41.9 Å². The zero-order valence-corrected chi connectivity index (χ0v) is 21.3. The van der Waals surface area contributed by atoms with E-state index in [4.69, 9.17) is 16.3 Å². The van der Waals surface area contributed by atoms with E-state index < -0.39 is 0 Å². The molecule has 1 aromatic heterocycles. The Bertz CT molecular complexity index is 1320. The zero-order chi connectivity index (χ0) is 24.9. The molecule has 0 aliphatic rings. The highest BCUT2D eigenvalue weighted by molar-refractivity contribution is 6.30. The number of H-pyrrole nitrogens is 1. The van der Waals surface area contributed by atoms with Crippen LogP contribution >= 0.6 is 11.6 Å². The molecule has 0 saturated heterocycles. The molecule has 6 nitrogen and oxygen atoms in total. The molecule has 0 saturated carbocycles. The summed E-state index contributed by atoms with van der Waals surface area (Å²) in [4.78, 5) is 17.7. The summed E-state index contributed by atoms with van der Waals surface area (Å²) >= 11 is 6.21. The van der Waals surface area contributed by atoms with Crippen LogP contribution in [0.3, 0.4) is 0 Å². The number of carbonyl (C=O) groups excluding carboxylic acids is 1. The zero-order valence-electron chi connectivity index (χ0n) is 20.6. The number of aromatic amines is 1. The standard InChI is InChI=1S/C28H31ClN4O2/c1-5-35-26-17-20(12-13-23(26)19-8-6-10-22(29)16-19)28(34)33(4)25(14-15-32(2)3)24-11-7-9-21-18-30-31-27(21)24/h6-13,16-18,25H,5,14-15H2,1-4H3,(H,30,31)/t25-/m1/s1. The molecule has 4 aromatic rings. The van der Waals surface area contributed by atoms with Crippen LogP contribution in [0.15, 0.2) is 66.9 Å². The van der Waals surface area contributed by atoms with Gasteiger partial charge in [0.15, 0.2) is 0 Å². The summed E-state index contributed by atoms with van der Waals surface area (Å²) in [5.41, 5.74) is 4.44. The van der Waals surface area contributed by atoms with Gasteiger partial charge in [0.2, 0.25) is 0 Å². The van der Waals surface area contributed by atoms with Crippen molar-refractivity contribution in [3.63, 3.8) is 0 Å². The monoisotopic (exact) mass is 490 g/mol. The molecule has 0 radical (unpaired) electrons. The van der Waals surface area contributed by atoms with Gasteiger partial charge in [-0.25, -0.2) is 0 Å². The maximum Gasteiger partial charge on any atom is 0.254 e. The van der Waals surface area contributed by atoms with Crippen molar-refractivity contribution >= 4 is 28.4 Å². The van der Waals surface area contributed by atoms with Crippen molar-refractivity contribution in [2.75, 3.05) is 34.3 Å². The Morgan fingerprint density at radius 1 is 1.09 bits per heavy atom. The van der Waals surface area contributed by atoms with Gasteiger partial charge in [0.05, 0.1) is 24.4 Å². The Morgan fingerprint density at radius 2 is 1.89 bits per heavy atom. The van der Waals surface area contributed by atoms with Crippen LogP contribution in [0, 0.1) is 0 Å². The number of nitrogens with zero attached hydrogens (tertiary/aromatic N) is 3. The number of para-hydroxylation sites is 1. The molecular weight excluding hydrogens is 460 g/mol. The average Bonchev–Trinajstić information content (AvgIpc) is 3.33. The van der Waals surface area contributed by atoms with Crippen molar-refractivity contribution in [2.45, 2.75) is 19.4 Å². The minimum atomic E-state index is -0.128. The molecule has 0 aliphatic heterocycles. The summed E-state index contributed by atoms with van der Waals surface area (Å²) < 4.78 is 5.94. The Balaban J connectivity index is 1.70. The van der Waals surface area contributed by atoms with Gasteiger partial charge in [-0.3, -0.25) is 9.89 Å². The van der Waals surface area contributed by atoms with Gasteiger partial charge >= 0.3 is 0 Å². The molecule has 182 valence electrons. The maximum atomic E-state index is 13.7. The highest BCUT2D eigenvalue weighted by Crippen LogP contribution is 2.34. The number of hydrogen-bond donors (Lipinski definition) is 1. The first-order chi connectivity index (χ1) is 16.9. The van der Waals surface area contributed by atoms with Gasteiger partial charge in [0.1, 0.15) is 5.75 Å². The smallest absolute Gasteiger partial charge is 0.254 e. The third kappa shape index (κ3) is 5.50. The van der Waals surface area contributed by atoms with Crippen molar-refractivity contribution in [1.29, 1.82) is 0 Å². The Hall–Kier alpha value is -3.35. The molecule has 35 heavy (non-hydrogen) atoms. The van der Waals surface area contributed by atoms with E-state index in [-0.39, 0.29) is 11.9 Å². The number of nitrogens with one attached hydrogen (secondary N) is 1. The Morgan fingerprint density at radius 3 is 2.63 bits per heavy atom. The first-order valence-corrected chi connectivity index (χ1v) is 12.1. The van der Waals surface area contributed by atoms with Crippen LogP contribution in [0.2, 0.25) is 5.02 Å². The predicted molar refractivity (Wildman–Crippen MR) is 142 cm³/mol. The number of carbonyl (C=O) groups is 1. The number of aromatic nitrogens is 2. The van der Waals surface area contributed by atoms with Gasteiger partial charge in [-0.05, 0) is 69.9 Å². The number of benzene rings is 3. The number of ether oxygens (including phenoxy) is 1. The normalized spacial score (nSPS) is 12.2. The highest BCUT2D eigenvalue weighted by Gasteiger charge is 2.26. The van der Waals surface area contributed by atoms with Gasteiger partial charge in [0, 0.05) is 34.1 Å². The summed E-state index contributed by atoms with van der Waals surface area (Å²) in [6.07, 6.45) is 2.60. The van der Waals surface area contributed by atoms with Crippen LogP contribution in [0.25, 0.3) is 22.0 Å². The third-order valence-electron chi connectivity index (χ3n) is 6.17. The Kier molecular flexibility index (Phi) is 7.73.